The molecule has 2 aliphatic rings. The lowest BCUT2D eigenvalue weighted by molar-refractivity contribution is 0.949. The zero-order chi connectivity index (χ0) is 10.1. The van der Waals surface area contributed by atoms with E-state index in [0.29, 0.717) is 0 Å². The second-order valence-electron chi connectivity index (χ2n) is 4.63. The molecule has 1 aromatic carbocycles. The third-order valence-electron chi connectivity index (χ3n) is 3.29. The van der Waals surface area contributed by atoms with Crippen molar-refractivity contribution in [2.75, 3.05) is 23.3 Å². The van der Waals surface area contributed by atoms with E-state index >= 15 is 0 Å². The van der Waals surface area contributed by atoms with Gasteiger partial charge in [0.1, 0.15) is 0 Å². The lowest BCUT2D eigenvalue weighted by atomic mass is 10.2. The van der Waals surface area contributed by atoms with Crippen LogP contribution in [0, 0.1) is 0 Å². The van der Waals surface area contributed by atoms with Crippen LogP contribution in [0.1, 0.15) is 25.7 Å². The molecule has 2 heteroatoms. The molecule has 0 spiro atoms. The van der Waals surface area contributed by atoms with E-state index in [1.165, 1.54) is 50.1 Å². The maximum absolute atomic E-state index is 3.62. The van der Waals surface area contributed by atoms with Gasteiger partial charge in [-0.1, -0.05) is 12.1 Å². The monoisotopic (exact) mass is 202 g/mol. The van der Waals surface area contributed by atoms with E-state index < -0.39 is 0 Å². The number of hydrogen-bond donors (Lipinski definition) is 1. The summed E-state index contributed by atoms with van der Waals surface area (Å²) in [4.78, 5) is 2.50. The van der Waals surface area contributed by atoms with Crippen LogP contribution in [0.15, 0.2) is 24.3 Å². The molecule has 80 valence electrons. The van der Waals surface area contributed by atoms with Gasteiger partial charge in [0.25, 0.3) is 0 Å². The SMILES string of the molecule is c1ccc(N2CCCC2)c(NC2CC2)c1. The first kappa shape index (κ1) is 9.08. The highest BCUT2D eigenvalue weighted by atomic mass is 15.2. The molecular weight excluding hydrogens is 184 g/mol. The van der Waals surface area contributed by atoms with Gasteiger partial charge in [0.05, 0.1) is 11.4 Å². The van der Waals surface area contributed by atoms with Crippen LogP contribution in [0.25, 0.3) is 0 Å². The van der Waals surface area contributed by atoms with E-state index in [2.05, 4.69) is 34.5 Å². The van der Waals surface area contributed by atoms with Gasteiger partial charge in [-0.05, 0) is 37.8 Å². The van der Waals surface area contributed by atoms with Crippen molar-refractivity contribution in [3.05, 3.63) is 24.3 Å². The molecule has 0 bridgehead atoms. The van der Waals surface area contributed by atoms with Crippen LogP contribution in [0.4, 0.5) is 11.4 Å². The molecule has 1 heterocycles. The molecule has 1 aromatic rings. The van der Waals surface area contributed by atoms with Crippen molar-refractivity contribution in [3.63, 3.8) is 0 Å². The number of hydrogen-bond acceptors (Lipinski definition) is 2. The summed E-state index contributed by atoms with van der Waals surface area (Å²) in [5.41, 5.74) is 2.74. The first-order valence-corrected chi connectivity index (χ1v) is 6.04. The molecule has 2 fully saturated rings. The molecule has 0 aromatic heterocycles. The molecule has 0 unspecified atom stereocenters. The highest BCUT2D eigenvalue weighted by molar-refractivity contribution is 5.70. The number of anilines is 2. The second-order valence-corrected chi connectivity index (χ2v) is 4.63. The third kappa shape index (κ3) is 1.94. The fraction of sp³-hybridized carbons (Fsp3) is 0.538. The van der Waals surface area contributed by atoms with Gasteiger partial charge < -0.3 is 10.2 Å². The Morgan fingerprint density at radius 1 is 1.07 bits per heavy atom. The average molecular weight is 202 g/mol. The Kier molecular flexibility index (Phi) is 2.28. The van der Waals surface area contributed by atoms with Gasteiger partial charge in [0.15, 0.2) is 0 Å². The molecule has 3 rings (SSSR count). The normalized spacial score (nSPS) is 20.7. The molecule has 15 heavy (non-hydrogen) atoms. The van der Waals surface area contributed by atoms with Gasteiger partial charge in [0, 0.05) is 19.1 Å². The number of nitrogens with one attached hydrogen (secondary N) is 1. The van der Waals surface area contributed by atoms with Crippen LogP contribution < -0.4 is 10.2 Å². The number of rotatable bonds is 3. The Morgan fingerprint density at radius 3 is 2.53 bits per heavy atom. The Bertz CT molecular complexity index is 338. The molecule has 2 nitrogen and oxygen atoms in total. The molecule has 0 amide bonds. The van der Waals surface area contributed by atoms with Crippen LogP contribution in [0.2, 0.25) is 0 Å². The first-order valence-electron chi connectivity index (χ1n) is 6.04. The second kappa shape index (κ2) is 3.76. The molecule has 1 aliphatic heterocycles. The summed E-state index contributed by atoms with van der Waals surface area (Å²) in [5.74, 6) is 0. The van der Waals surface area contributed by atoms with Crippen LogP contribution in [0.3, 0.4) is 0 Å². The van der Waals surface area contributed by atoms with E-state index in [9.17, 15) is 0 Å². The number of nitrogens with zero attached hydrogens (tertiary/aromatic N) is 1. The van der Waals surface area contributed by atoms with E-state index in [1.54, 1.807) is 0 Å². The minimum Gasteiger partial charge on any atom is -0.381 e. The molecule has 1 saturated carbocycles. The highest BCUT2D eigenvalue weighted by Crippen LogP contribution is 2.32. The van der Waals surface area contributed by atoms with Gasteiger partial charge in [-0.15, -0.1) is 0 Å². The van der Waals surface area contributed by atoms with Crippen LogP contribution in [-0.2, 0) is 0 Å². The van der Waals surface area contributed by atoms with Crippen molar-refractivity contribution in [1.29, 1.82) is 0 Å². The summed E-state index contributed by atoms with van der Waals surface area (Å²) in [6, 6.07) is 9.48. The van der Waals surface area contributed by atoms with Crippen molar-refractivity contribution in [2.24, 2.45) is 0 Å². The lowest BCUT2D eigenvalue weighted by Crippen LogP contribution is -2.19. The quantitative estimate of drug-likeness (QED) is 0.810. The van der Waals surface area contributed by atoms with Gasteiger partial charge >= 0.3 is 0 Å². The summed E-state index contributed by atoms with van der Waals surface area (Å²) in [6.07, 6.45) is 5.37. The molecule has 1 saturated heterocycles. The predicted molar refractivity (Wildman–Crippen MR) is 64.5 cm³/mol. The van der Waals surface area contributed by atoms with Crippen molar-refractivity contribution < 1.29 is 0 Å². The Morgan fingerprint density at radius 2 is 1.80 bits per heavy atom. The van der Waals surface area contributed by atoms with Crippen LogP contribution in [-0.4, -0.2) is 19.1 Å². The Hall–Kier alpha value is -1.18. The maximum Gasteiger partial charge on any atom is 0.0602 e. The van der Waals surface area contributed by atoms with Crippen molar-refractivity contribution in [2.45, 2.75) is 31.7 Å². The molecular formula is C13H18N2. The highest BCUT2D eigenvalue weighted by Gasteiger charge is 2.23. The summed E-state index contributed by atoms with van der Waals surface area (Å²) in [7, 11) is 0. The Balaban J connectivity index is 1.83. The Labute approximate surface area is 91.3 Å². The first-order chi connectivity index (χ1) is 7.43. The molecule has 1 N–H and O–H groups in total. The van der Waals surface area contributed by atoms with Gasteiger partial charge in [-0.2, -0.15) is 0 Å². The summed E-state index contributed by atoms with van der Waals surface area (Å²) >= 11 is 0. The summed E-state index contributed by atoms with van der Waals surface area (Å²) < 4.78 is 0. The number of para-hydroxylation sites is 2. The third-order valence-corrected chi connectivity index (χ3v) is 3.29. The van der Waals surface area contributed by atoms with Crippen LogP contribution >= 0.6 is 0 Å². The van der Waals surface area contributed by atoms with E-state index in [4.69, 9.17) is 0 Å². The van der Waals surface area contributed by atoms with Crippen LogP contribution in [0.5, 0.6) is 0 Å². The minimum atomic E-state index is 0.744. The molecule has 1 aliphatic carbocycles. The standard InChI is InChI=1S/C13H18N2/c1-2-6-13(15-9-3-4-10-15)12(5-1)14-11-7-8-11/h1-2,5-6,11,14H,3-4,7-10H2. The van der Waals surface area contributed by atoms with E-state index in [-0.39, 0.29) is 0 Å². The average Bonchev–Trinajstić information content (AvgIpc) is 2.93. The fourth-order valence-electron chi connectivity index (χ4n) is 2.28. The van der Waals surface area contributed by atoms with Gasteiger partial charge in [-0.3, -0.25) is 0 Å². The summed E-state index contributed by atoms with van der Waals surface area (Å²) in [6.45, 7) is 2.45. The summed E-state index contributed by atoms with van der Waals surface area (Å²) in [5, 5.41) is 3.62. The molecule has 0 radical (unpaired) electrons. The van der Waals surface area contributed by atoms with Crippen molar-refractivity contribution >= 4 is 11.4 Å². The van der Waals surface area contributed by atoms with Crippen molar-refractivity contribution in [1.82, 2.24) is 0 Å². The zero-order valence-electron chi connectivity index (χ0n) is 9.08. The maximum atomic E-state index is 3.62. The minimum absolute atomic E-state index is 0.744. The lowest BCUT2D eigenvalue weighted by Gasteiger charge is -2.21. The van der Waals surface area contributed by atoms with Crippen molar-refractivity contribution in [3.8, 4) is 0 Å². The fourth-order valence-corrected chi connectivity index (χ4v) is 2.28. The topological polar surface area (TPSA) is 15.3 Å². The van der Waals surface area contributed by atoms with Gasteiger partial charge in [-0.25, -0.2) is 0 Å². The smallest absolute Gasteiger partial charge is 0.0602 e. The zero-order valence-corrected chi connectivity index (χ0v) is 9.08. The predicted octanol–water partition coefficient (Wildman–Crippen LogP) is 2.86. The largest absolute Gasteiger partial charge is 0.381 e. The number of benzene rings is 1. The van der Waals surface area contributed by atoms with Gasteiger partial charge in [0.2, 0.25) is 0 Å². The van der Waals surface area contributed by atoms with E-state index in [0.717, 1.165) is 6.04 Å². The molecule has 0 atom stereocenters. The van der Waals surface area contributed by atoms with E-state index in [1.807, 2.05) is 0 Å².